The predicted molar refractivity (Wildman–Crippen MR) is 133 cm³/mol. The number of methoxy groups -OCH3 is 1. The van der Waals surface area contributed by atoms with Crippen molar-refractivity contribution in [3.05, 3.63) is 87.9 Å². The number of hydrazone groups is 1. The number of rotatable bonds is 8. The molecule has 0 aliphatic heterocycles. The summed E-state index contributed by atoms with van der Waals surface area (Å²) in [6.07, 6.45) is 1.50. The molecule has 0 saturated carbocycles. The van der Waals surface area contributed by atoms with Gasteiger partial charge < -0.3 is 4.74 Å². The molecule has 7 nitrogen and oxygen atoms in total. The Morgan fingerprint density at radius 2 is 1.64 bits per heavy atom. The van der Waals surface area contributed by atoms with Gasteiger partial charge in [-0.25, -0.2) is 13.8 Å². The van der Waals surface area contributed by atoms with Gasteiger partial charge in [0.2, 0.25) is 0 Å². The first-order valence-corrected chi connectivity index (χ1v) is 12.3. The lowest BCUT2D eigenvalue weighted by Crippen LogP contribution is -2.39. The lowest BCUT2D eigenvalue weighted by molar-refractivity contribution is -0.119. The number of sulfonamides is 1. The van der Waals surface area contributed by atoms with Gasteiger partial charge in [-0.15, -0.1) is 0 Å². The number of anilines is 1. The standard InChI is InChI=1S/C24H24BrN3O4S/c1-17-4-8-19(9-5-17)15-26-27-24(29)16-28(20-10-6-18(2)7-11-20)33(30,31)21-12-13-23(32-3)22(25)14-21/h4-15H,16H2,1-3H3,(H,27,29)/b26-15-. The Kier molecular flexibility index (Phi) is 7.88. The van der Waals surface area contributed by atoms with E-state index in [-0.39, 0.29) is 4.90 Å². The van der Waals surface area contributed by atoms with E-state index in [0.29, 0.717) is 15.9 Å². The van der Waals surface area contributed by atoms with Crippen LogP contribution in [0.1, 0.15) is 16.7 Å². The maximum atomic E-state index is 13.5. The van der Waals surface area contributed by atoms with Gasteiger partial charge >= 0.3 is 0 Å². The quantitative estimate of drug-likeness (QED) is 0.345. The zero-order chi connectivity index (χ0) is 24.0. The fourth-order valence-electron chi connectivity index (χ4n) is 2.96. The predicted octanol–water partition coefficient (Wildman–Crippen LogP) is 4.42. The van der Waals surface area contributed by atoms with Crippen molar-refractivity contribution < 1.29 is 17.9 Å². The number of nitrogens with one attached hydrogen (secondary N) is 1. The monoisotopic (exact) mass is 529 g/mol. The van der Waals surface area contributed by atoms with E-state index in [9.17, 15) is 13.2 Å². The third-order valence-electron chi connectivity index (χ3n) is 4.80. The molecule has 0 unspecified atom stereocenters. The normalized spacial score (nSPS) is 11.4. The minimum atomic E-state index is -4.06. The van der Waals surface area contributed by atoms with Crippen molar-refractivity contribution in [3.8, 4) is 5.75 Å². The van der Waals surface area contributed by atoms with Crippen molar-refractivity contribution in [2.24, 2.45) is 5.10 Å². The summed E-state index contributed by atoms with van der Waals surface area (Å²) in [5.74, 6) is -0.0749. The van der Waals surface area contributed by atoms with E-state index in [4.69, 9.17) is 4.74 Å². The van der Waals surface area contributed by atoms with Crippen LogP contribution in [0.5, 0.6) is 5.75 Å². The molecule has 1 N–H and O–H groups in total. The number of hydrogen-bond donors (Lipinski definition) is 1. The summed E-state index contributed by atoms with van der Waals surface area (Å²) in [6.45, 7) is 3.43. The van der Waals surface area contributed by atoms with Gasteiger partial charge in [0, 0.05) is 0 Å². The summed E-state index contributed by atoms with van der Waals surface area (Å²) in [5, 5.41) is 3.95. The van der Waals surface area contributed by atoms with Gasteiger partial charge in [0.25, 0.3) is 15.9 Å². The highest BCUT2D eigenvalue weighted by Gasteiger charge is 2.28. The minimum Gasteiger partial charge on any atom is -0.496 e. The number of hydrogen-bond acceptors (Lipinski definition) is 5. The maximum absolute atomic E-state index is 13.5. The molecule has 0 bridgehead atoms. The van der Waals surface area contributed by atoms with E-state index in [0.717, 1.165) is 21.0 Å². The van der Waals surface area contributed by atoms with Crippen molar-refractivity contribution in [2.75, 3.05) is 18.0 Å². The summed E-state index contributed by atoms with van der Waals surface area (Å²) in [5.41, 5.74) is 5.66. The molecule has 0 saturated heterocycles. The number of amides is 1. The molecule has 3 rings (SSSR count). The highest BCUT2D eigenvalue weighted by atomic mass is 79.9. The SMILES string of the molecule is COc1ccc(S(=O)(=O)N(CC(=O)N/N=C\c2ccc(C)cc2)c2ccc(C)cc2)cc1Br. The Bertz CT molecular complexity index is 1260. The van der Waals surface area contributed by atoms with Crippen molar-refractivity contribution in [1.29, 1.82) is 0 Å². The van der Waals surface area contributed by atoms with Crippen LogP contribution in [0.15, 0.2) is 81.2 Å². The first kappa shape index (κ1) is 24.5. The Morgan fingerprint density at radius 1 is 1.03 bits per heavy atom. The van der Waals surface area contributed by atoms with Crippen LogP contribution in [0.3, 0.4) is 0 Å². The van der Waals surface area contributed by atoms with E-state index in [1.165, 1.54) is 25.5 Å². The molecule has 0 atom stereocenters. The van der Waals surface area contributed by atoms with E-state index >= 15 is 0 Å². The van der Waals surface area contributed by atoms with Gasteiger partial charge in [0.05, 0.1) is 28.4 Å². The third kappa shape index (κ3) is 6.21. The molecule has 9 heteroatoms. The number of carbonyl (C=O) groups is 1. The minimum absolute atomic E-state index is 0.0201. The van der Waals surface area contributed by atoms with Crippen LogP contribution in [0, 0.1) is 13.8 Å². The fourth-order valence-corrected chi connectivity index (χ4v) is 5.10. The molecule has 1 amide bonds. The molecule has 0 aliphatic carbocycles. The lowest BCUT2D eigenvalue weighted by Gasteiger charge is -2.24. The van der Waals surface area contributed by atoms with Crippen molar-refractivity contribution in [1.82, 2.24) is 5.43 Å². The molecule has 3 aromatic rings. The summed E-state index contributed by atoms with van der Waals surface area (Å²) in [7, 11) is -2.56. The van der Waals surface area contributed by atoms with Crippen LogP contribution in [-0.4, -0.2) is 34.2 Å². The van der Waals surface area contributed by atoms with E-state index in [2.05, 4.69) is 26.5 Å². The number of ether oxygens (including phenoxy) is 1. The smallest absolute Gasteiger partial charge is 0.264 e. The second-order valence-electron chi connectivity index (χ2n) is 7.35. The molecule has 172 valence electrons. The molecule has 33 heavy (non-hydrogen) atoms. The highest BCUT2D eigenvalue weighted by molar-refractivity contribution is 9.10. The summed E-state index contributed by atoms with van der Waals surface area (Å²) in [4.78, 5) is 12.6. The van der Waals surface area contributed by atoms with Crippen LogP contribution in [-0.2, 0) is 14.8 Å². The first-order valence-electron chi connectivity index (χ1n) is 10.0. The van der Waals surface area contributed by atoms with Gasteiger partial charge in [-0.3, -0.25) is 9.10 Å². The highest BCUT2D eigenvalue weighted by Crippen LogP contribution is 2.30. The Morgan fingerprint density at radius 3 is 2.21 bits per heavy atom. The average molecular weight is 530 g/mol. The molecule has 0 spiro atoms. The van der Waals surface area contributed by atoms with Crippen LogP contribution in [0.2, 0.25) is 0 Å². The van der Waals surface area contributed by atoms with Crippen LogP contribution in [0.4, 0.5) is 5.69 Å². The maximum Gasteiger partial charge on any atom is 0.264 e. The van der Waals surface area contributed by atoms with Crippen LogP contribution < -0.4 is 14.5 Å². The van der Waals surface area contributed by atoms with Gasteiger partial charge in [-0.2, -0.15) is 5.10 Å². The van der Waals surface area contributed by atoms with Crippen LogP contribution >= 0.6 is 15.9 Å². The Labute approximate surface area is 202 Å². The molecule has 0 aromatic heterocycles. The number of nitrogens with zero attached hydrogens (tertiary/aromatic N) is 2. The fraction of sp³-hybridized carbons (Fsp3) is 0.167. The van der Waals surface area contributed by atoms with Gasteiger partial charge in [-0.05, 0) is 65.7 Å². The topological polar surface area (TPSA) is 88.1 Å². The first-order chi connectivity index (χ1) is 15.7. The van der Waals surface area contributed by atoms with Crippen molar-refractivity contribution in [2.45, 2.75) is 18.7 Å². The Balaban J connectivity index is 1.86. The van der Waals surface area contributed by atoms with Gasteiger partial charge in [0.15, 0.2) is 0 Å². The molecule has 0 aliphatic rings. The third-order valence-corrected chi connectivity index (χ3v) is 7.19. The zero-order valence-electron chi connectivity index (χ0n) is 18.4. The molecule has 0 heterocycles. The number of carbonyl (C=O) groups excluding carboxylic acids is 1. The average Bonchev–Trinajstić information content (AvgIpc) is 2.79. The van der Waals surface area contributed by atoms with Crippen LogP contribution in [0.25, 0.3) is 0 Å². The van der Waals surface area contributed by atoms with E-state index < -0.39 is 22.5 Å². The van der Waals surface area contributed by atoms with E-state index in [1.807, 2.05) is 38.1 Å². The largest absolute Gasteiger partial charge is 0.496 e. The second-order valence-corrected chi connectivity index (χ2v) is 10.1. The molecular weight excluding hydrogens is 506 g/mol. The van der Waals surface area contributed by atoms with Crippen molar-refractivity contribution in [3.63, 3.8) is 0 Å². The zero-order valence-corrected chi connectivity index (χ0v) is 20.9. The van der Waals surface area contributed by atoms with Crippen molar-refractivity contribution >= 4 is 43.8 Å². The number of halogens is 1. The Hall–Kier alpha value is -3.17. The summed E-state index contributed by atoms with van der Waals surface area (Å²) < 4.78 is 33.7. The second kappa shape index (κ2) is 10.6. The number of aryl methyl sites for hydroxylation is 2. The summed E-state index contributed by atoms with van der Waals surface area (Å²) in [6, 6.07) is 18.9. The molecule has 0 radical (unpaired) electrons. The van der Waals surface area contributed by atoms with E-state index in [1.54, 1.807) is 30.3 Å². The molecule has 0 fully saturated rings. The molecular formula is C24H24BrN3O4S. The van der Waals surface area contributed by atoms with Gasteiger partial charge in [-0.1, -0.05) is 47.5 Å². The summed E-state index contributed by atoms with van der Waals surface area (Å²) >= 11 is 3.32. The van der Waals surface area contributed by atoms with Gasteiger partial charge in [0.1, 0.15) is 12.3 Å². The molecule has 3 aromatic carbocycles. The lowest BCUT2D eigenvalue weighted by atomic mass is 10.2. The number of benzene rings is 3.